The van der Waals surface area contributed by atoms with Gasteiger partial charge in [-0.15, -0.1) is 5.10 Å². The summed E-state index contributed by atoms with van der Waals surface area (Å²) in [5.41, 5.74) is 2.47. The molecule has 102 valence electrons. The Labute approximate surface area is 115 Å². The van der Waals surface area contributed by atoms with Crippen LogP contribution >= 0.6 is 11.5 Å². The Balaban J connectivity index is 3.06. The molecule has 0 radical (unpaired) electrons. The van der Waals surface area contributed by atoms with E-state index in [-0.39, 0.29) is 11.5 Å². The van der Waals surface area contributed by atoms with Gasteiger partial charge in [-0.2, -0.15) is 0 Å². The van der Waals surface area contributed by atoms with E-state index in [4.69, 9.17) is 0 Å². The van der Waals surface area contributed by atoms with Crippen LogP contribution in [0.3, 0.4) is 0 Å². The number of hydrogen-bond acceptors (Lipinski definition) is 4. The van der Waals surface area contributed by atoms with Crippen LogP contribution in [0.1, 0.15) is 64.6 Å². The summed E-state index contributed by atoms with van der Waals surface area (Å²) < 4.78 is 4.15. The fourth-order valence-electron chi connectivity index (χ4n) is 1.78. The van der Waals surface area contributed by atoms with Crippen LogP contribution in [-0.4, -0.2) is 16.1 Å². The van der Waals surface area contributed by atoms with E-state index in [2.05, 4.69) is 62.5 Å². The summed E-state index contributed by atoms with van der Waals surface area (Å²) in [6, 6.07) is 0.240. The quantitative estimate of drug-likeness (QED) is 0.824. The average Bonchev–Trinajstić information content (AvgIpc) is 2.71. The minimum Gasteiger partial charge on any atom is -0.306 e. The maximum absolute atomic E-state index is 4.32. The SMILES string of the molecule is CCCNC(C=C(C)C)c1snnc1C(C)(C)C. The van der Waals surface area contributed by atoms with E-state index >= 15 is 0 Å². The molecule has 0 amide bonds. The van der Waals surface area contributed by atoms with Gasteiger partial charge in [-0.3, -0.25) is 0 Å². The predicted octanol–water partition coefficient (Wildman–Crippen LogP) is 3.84. The summed E-state index contributed by atoms with van der Waals surface area (Å²) in [6.45, 7) is 14.0. The molecular weight excluding hydrogens is 242 g/mol. The summed E-state index contributed by atoms with van der Waals surface area (Å²) in [4.78, 5) is 1.25. The van der Waals surface area contributed by atoms with Gasteiger partial charge in [0.15, 0.2) is 0 Å². The number of aromatic nitrogens is 2. The smallest absolute Gasteiger partial charge is 0.0860 e. The topological polar surface area (TPSA) is 37.8 Å². The molecule has 1 rings (SSSR count). The van der Waals surface area contributed by atoms with Crippen molar-refractivity contribution in [3.05, 3.63) is 22.2 Å². The molecule has 0 aliphatic carbocycles. The Morgan fingerprint density at radius 1 is 1.39 bits per heavy atom. The zero-order chi connectivity index (χ0) is 13.8. The average molecular weight is 267 g/mol. The lowest BCUT2D eigenvalue weighted by Gasteiger charge is -2.21. The first-order valence-electron chi connectivity index (χ1n) is 6.57. The van der Waals surface area contributed by atoms with E-state index in [1.54, 1.807) is 0 Å². The first kappa shape index (κ1) is 15.3. The maximum atomic E-state index is 4.32. The van der Waals surface area contributed by atoms with Crippen LogP contribution in [-0.2, 0) is 5.41 Å². The van der Waals surface area contributed by atoms with Gasteiger partial charge in [0.25, 0.3) is 0 Å². The van der Waals surface area contributed by atoms with Crippen molar-refractivity contribution in [1.82, 2.24) is 14.9 Å². The van der Waals surface area contributed by atoms with E-state index < -0.39 is 0 Å². The van der Waals surface area contributed by atoms with E-state index in [9.17, 15) is 0 Å². The third-order valence-electron chi connectivity index (χ3n) is 2.62. The van der Waals surface area contributed by atoms with E-state index in [0.717, 1.165) is 18.7 Å². The Morgan fingerprint density at radius 3 is 2.56 bits per heavy atom. The molecule has 4 heteroatoms. The largest absolute Gasteiger partial charge is 0.306 e. The molecule has 0 spiro atoms. The molecule has 0 saturated carbocycles. The van der Waals surface area contributed by atoms with Crippen LogP contribution in [0.15, 0.2) is 11.6 Å². The zero-order valence-electron chi connectivity index (χ0n) is 12.4. The summed E-state index contributed by atoms with van der Waals surface area (Å²) >= 11 is 1.51. The Hall–Kier alpha value is -0.740. The second-order valence-electron chi connectivity index (χ2n) is 5.91. The Morgan fingerprint density at radius 2 is 2.06 bits per heavy atom. The lowest BCUT2D eigenvalue weighted by molar-refractivity contribution is 0.541. The molecule has 1 atom stereocenters. The van der Waals surface area contributed by atoms with Crippen LogP contribution in [0.4, 0.5) is 0 Å². The standard InChI is InChI=1S/C14H25N3S/c1-7-8-15-11(9-10(2)3)12-13(14(4,5)6)16-17-18-12/h9,11,15H,7-8H2,1-6H3. The first-order valence-corrected chi connectivity index (χ1v) is 7.34. The van der Waals surface area contributed by atoms with Gasteiger partial charge in [-0.05, 0) is 38.3 Å². The van der Waals surface area contributed by atoms with E-state index in [1.165, 1.54) is 22.0 Å². The van der Waals surface area contributed by atoms with Crippen molar-refractivity contribution in [3.63, 3.8) is 0 Å². The number of nitrogens with one attached hydrogen (secondary N) is 1. The highest BCUT2D eigenvalue weighted by Gasteiger charge is 2.25. The van der Waals surface area contributed by atoms with Crippen molar-refractivity contribution < 1.29 is 0 Å². The summed E-state index contributed by atoms with van der Waals surface area (Å²) in [5, 5.41) is 7.89. The number of hydrogen-bond donors (Lipinski definition) is 1. The van der Waals surface area contributed by atoms with Crippen LogP contribution in [0.5, 0.6) is 0 Å². The van der Waals surface area contributed by atoms with E-state index in [0.29, 0.717) is 0 Å². The summed E-state index contributed by atoms with van der Waals surface area (Å²) in [7, 11) is 0. The highest BCUT2D eigenvalue weighted by atomic mass is 32.1. The van der Waals surface area contributed by atoms with Crippen molar-refractivity contribution in [2.75, 3.05) is 6.54 Å². The van der Waals surface area contributed by atoms with Gasteiger partial charge >= 0.3 is 0 Å². The maximum Gasteiger partial charge on any atom is 0.0860 e. The molecule has 3 nitrogen and oxygen atoms in total. The van der Waals surface area contributed by atoms with Crippen molar-refractivity contribution in [2.45, 2.75) is 59.4 Å². The van der Waals surface area contributed by atoms with Gasteiger partial charge < -0.3 is 5.32 Å². The molecule has 0 aliphatic heterocycles. The van der Waals surface area contributed by atoms with Crippen LogP contribution < -0.4 is 5.32 Å². The second-order valence-corrected chi connectivity index (χ2v) is 6.70. The molecule has 0 bridgehead atoms. The monoisotopic (exact) mass is 267 g/mol. The van der Waals surface area contributed by atoms with Crippen molar-refractivity contribution in [1.29, 1.82) is 0 Å². The molecule has 0 saturated heterocycles. The van der Waals surface area contributed by atoms with Crippen molar-refractivity contribution in [3.8, 4) is 0 Å². The highest BCUT2D eigenvalue weighted by molar-refractivity contribution is 7.05. The van der Waals surface area contributed by atoms with Crippen LogP contribution in [0.25, 0.3) is 0 Å². The molecule has 1 unspecified atom stereocenters. The van der Waals surface area contributed by atoms with Gasteiger partial charge in [0.1, 0.15) is 0 Å². The number of rotatable bonds is 5. The Bertz CT molecular complexity index is 397. The molecule has 1 aromatic heterocycles. The first-order chi connectivity index (χ1) is 8.36. The minimum atomic E-state index is 0.0456. The molecule has 18 heavy (non-hydrogen) atoms. The van der Waals surface area contributed by atoms with Gasteiger partial charge in [0.05, 0.1) is 16.6 Å². The number of allylic oxidation sites excluding steroid dienone is 1. The second kappa shape index (κ2) is 6.43. The molecule has 1 heterocycles. The third-order valence-corrected chi connectivity index (χ3v) is 3.43. The molecule has 0 fully saturated rings. The normalized spacial score (nSPS) is 13.4. The fraction of sp³-hybridized carbons (Fsp3) is 0.714. The number of nitrogens with zero attached hydrogens (tertiary/aromatic N) is 2. The predicted molar refractivity (Wildman–Crippen MR) is 79.1 cm³/mol. The lowest BCUT2D eigenvalue weighted by Crippen LogP contribution is -2.24. The molecule has 1 aromatic rings. The van der Waals surface area contributed by atoms with Gasteiger partial charge in [-0.1, -0.05) is 43.8 Å². The van der Waals surface area contributed by atoms with Crippen LogP contribution in [0, 0.1) is 0 Å². The van der Waals surface area contributed by atoms with Crippen molar-refractivity contribution in [2.24, 2.45) is 0 Å². The fourth-order valence-corrected chi connectivity index (χ4v) is 2.69. The molecular formula is C14H25N3S. The Kier molecular flexibility index (Phi) is 5.47. The summed E-state index contributed by atoms with van der Waals surface area (Å²) in [6.07, 6.45) is 3.39. The third kappa shape index (κ3) is 4.18. The van der Waals surface area contributed by atoms with Gasteiger partial charge in [0.2, 0.25) is 0 Å². The molecule has 0 aromatic carbocycles. The highest BCUT2D eigenvalue weighted by Crippen LogP contribution is 2.31. The van der Waals surface area contributed by atoms with Crippen LogP contribution in [0.2, 0.25) is 0 Å². The van der Waals surface area contributed by atoms with Crippen molar-refractivity contribution >= 4 is 11.5 Å². The lowest BCUT2D eigenvalue weighted by atomic mass is 9.90. The zero-order valence-corrected chi connectivity index (χ0v) is 13.2. The minimum absolute atomic E-state index is 0.0456. The van der Waals surface area contributed by atoms with Gasteiger partial charge in [0, 0.05) is 5.41 Å². The molecule has 0 aliphatic rings. The van der Waals surface area contributed by atoms with Gasteiger partial charge in [-0.25, -0.2) is 0 Å². The molecule has 1 N–H and O–H groups in total. The summed E-state index contributed by atoms with van der Waals surface area (Å²) in [5.74, 6) is 0. The van der Waals surface area contributed by atoms with E-state index in [1.807, 2.05) is 0 Å².